The van der Waals surface area contributed by atoms with E-state index in [1.165, 1.54) is 22.5 Å². The number of halogens is 1. The van der Waals surface area contributed by atoms with Gasteiger partial charge in [0.2, 0.25) is 4.80 Å². The van der Waals surface area contributed by atoms with Crippen molar-refractivity contribution in [1.82, 2.24) is 9.47 Å². The number of benzene rings is 3. The molecule has 0 aliphatic carbocycles. The molecular weight excluding hydrogens is 500 g/mol. The van der Waals surface area contributed by atoms with E-state index < -0.39 is 0 Å². The molecule has 1 aliphatic rings. The van der Waals surface area contributed by atoms with Crippen LogP contribution in [-0.4, -0.2) is 34.0 Å². The third kappa shape index (κ3) is 4.10. The van der Waals surface area contributed by atoms with E-state index in [-0.39, 0.29) is 18.4 Å². The van der Waals surface area contributed by atoms with Crippen LogP contribution in [0.5, 0.6) is 0 Å². The summed E-state index contributed by atoms with van der Waals surface area (Å²) < 4.78 is 3.04. The van der Waals surface area contributed by atoms with Gasteiger partial charge >= 0.3 is 0 Å². The van der Waals surface area contributed by atoms with Gasteiger partial charge in [0, 0.05) is 21.8 Å². The predicted molar refractivity (Wildman–Crippen MR) is 133 cm³/mol. The van der Waals surface area contributed by atoms with Gasteiger partial charge in [-0.05, 0) is 42.0 Å². The molecule has 4 aromatic rings. The molecule has 5 rings (SSSR count). The second-order valence-corrected chi connectivity index (χ2v) is 9.00. The van der Waals surface area contributed by atoms with E-state index >= 15 is 0 Å². The monoisotopic (exact) mass is 516 g/mol. The minimum atomic E-state index is -0.310. The average Bonchev–Trinajstić information content (AvgIpc) is 3.37. The van der Waals surface area contributed by atoms with Crippen LogP contribution in [0, 0.1) is 0 Å². The molecule has 8 heteroatoms. The summed E-state index contributed by atoms with van der Waals surface area (Å²) in [6.07, 6.45) is 1.48. The minimum absolute atomic E-state index is 0.0616. The lowest BCUT2D eigenvalue weighted by atomic mass is 10.1. The first kappa shape index (κ1) is 21.2. The van der Waals surface area contributed by atoms with Crippen LogP contribution in [0.25, 0.3) is 16.9 Å². The summed E-state index contributed by atoms with van der Waals surface area (Å²) in [5.74, 6) is -0.620. The first-order valence-corrected chi connectivity index (χ1v) is 11.8. The van der Waals surface area contributed by atoms with Crippen LogP contribution in [0.3, 0.4) is 0 Å². The first-order chi connectivity index (χ1) is 16.1. The number of hydrogen-bond acceptors (Lipinski definition) is 5. The van der Waals surface area contributed by atoms with Crippen LogP contribution >= 0.6 is 27.3 Å². The van der Waals surface area contributed by atoms with Crippen LogP contribution in [0.15, 0.2) is 98.9 Å². The van der Waals surface area contributed by atoms with Crippen LogP contribution in [-0.2, 0) is 0 Å². The van der Waals surface area contributed by atoms with Gasteiger partial charge in [-0.25, -0.2) is 0 Å². The Morgan fingerprint density at radius 2 is 1.48 bits per heavy atom. The second kappa shape index (κ2) is 9.09. The molecule has 0 spiro atoms. The Kier molecular flexibility index (Phi) is 5.85. The third-order valence-corrected chi connectivity index (χ3v) is 6.57. The van der Waals surface area contributed by atoms with Crippen molar-refractivity contribution in [2.24, 2.45) is 10.2 Å². The highest BCUT2D eigenvalue weighted by atomic mass is 79.9. The van der Waals surface area contributed by atoms with Gasteiger partial charge in [-0.2, -0.15) is 5.10 Å². The number of aromatic nitrogens is 1. The number of fused-ring (bicyclic) bond motifs is 1. The zero-order valence-corrected chi connectivity index (χ0v) is 19.7. The fourth-order valence-corrected chi connectivity index (χ4v) is 4.77. The van der Waals surface area contributed by atoms with Crippen molar-refractivity contribution >= 4 is 45.3 Å². The number of carbonyl (C=O) groups is 2. The molecule has 0 atom stereocenters. The molecule has 2 amide bonds. The van der Waals surface area contributed by atoms with Crippen LogP contribution in [0.2, 0.25) is 0 Å². The Labute approximate surface area is 202 Å². The highest BCUT2D eigenvalue weighted by molar-refractivity contribution is 9.10. The molecule has 0 bridgehead atoms. The quantitative estimate of drug-likeness (QED) is 0.209. The number of rotatable bonds is 5. The molecule has 1 aromatic heterocycles. The molecule has 0 N–H and O–H groups in total. The van der Waals surface area contributed by atoms with Crippen molar-refractivity contribution in [2.75, 3.05) is 6.54 Å². The Balaban J connectivity index is 1.45. The van der Waals surface area contributed by atoms with Crippen molar-refractivity contribution < 1.29 is 9.59 Å². The van der Waals surface area contributed by atoms with Gasteiger partial charge in [-0.1, -0.05) is 58.4 Å². The minimum Gasteiger partial charge on any atom is -0.284 e. The van der Waals surface area contributed by atoms with Crippen molar-refractivity contribution in [3.8, 4) is 16.9 Å². The predicted octanol–water partition coefficient (Wildman–Crippen LogP) is 5.15. The van der Waals surface area contributed by atoms with Gasteiger partial charge < -0.3 is 0 Å². The lowest BCUT2D eigenvalue weighted by Crippen LogP contribution is -2.31. The fraction of sp³-hybridized carbons (Fsp3) is 0.0400. The van der Waals surface area contributed by atoms with E-state index in [1.54, 1.807) is 24.3 Å². The number of nitrogens with zero attached hydrogens (tertiary/aromatic N) is 4. The van der Waals surface area contributed by atoms with Gasteiger partial charge in [0.1, 0.15) is 0 Å². The average molecular weight is 517 g/mol. The molecule has 162 valence electrons. The molecule has 0 radical (unpaired) electrons. The Bertz CT molecular complexity index is 1400. The lowest BCUT2D eigenvalue weighted by molar-refractivity contribution is 0.0679. The summed E-state index contributed by atoms with van der Waals surface area (Å²) >= 11 is 4.95. The number of hydrogen-bond donors (Lipinski definition) is 0. The smallest absolute Gasteiger partial charge is 0.261 e. The summed E-state index contributed by atoms with van der Waals surface area (Å²) in [5.41, 5.74) is 3.85. The highest BCUT2D eigenvalue weighted by Gasteiger charge is 2.34. The van der Waals surface area contributed by atoms with Crippen molar-refractivity contribution in [1.29, 1.82) is 0 Å². The van der Waals surface area contributed by atoms with E-state index in [2.05, 4.69) is 26.1 Å². The molecule has 33 heavy (non-hydrogen) atoms. The number of para-hydroxylation sites is 1. The molecule has 2 heterocycles. The van der Waals surface area contributed by atoms with Crippen molar-refractivity contribution in [3.63, 3.8) is 0 Å². The molecule has 0 saturated carbocycles. The number of amides is 2. The Morgan fingerprint density at radius 3 is 2.15 bits per heavy atom. The maximum absolute atomic E-state index is 12.5. The maximum atomic E-state index is 12.5. The summed E-state index contributed by atoms with van der Waals surface area (Å²) in [7, 11) is 0. The standard InChI is InChI=1S/C25H17BrN4O2S/c26-18-12-10-17(11-13-18)22-16-33-25(30(22)19-6-2-1-3-7-19)28-27-14-15-29-23(31)20-8-4-5-9-21(20)24(29)32/h1-14,16H,15H2/b27-14+,28-25-. The SMILES string of the molecule is O=C1c2ccccc2C(=O)N1C/C=N/N=c1\scc(-c2ccc(Br)cc2)n1-c1ccccc1. The molecule has 0 fully saturated rings. The number of carbonyl (C=O) groups excluding carboxylic acids is 2. The highest BCUT2D eigenvalue weighted by Crippen LogP contribution is 2.25. The third-order valence-electron chi connectivity index (χ3n) is 5.23. The number of thiazole rings is 1. The summed E-state index contributed by atoms with van der Waals surface area (Å²) in [4.78, 5) is 26.9. The van der Waals surface area contributed by atoms with Gasteiger partial charge in [0.25, 0.3) is 11.8 Å². The number of imide groups is 1. The Morgan fingerprint density at radius 1 is 0.848 bits per heavy atom. The molecule has 3 aromatic carbocycles. The van der Waals surface area contributed by atoms with E-state index in [4.69, 9.17) is 0 Å². The van der Waals surface area contributed by atoms with Crippen LogP contribution < -0.4 is 4.80 Å². The topological polar surface area (TPSA) is 67.0 Å². The molecule has 6 nitrogen and oxygen atoms in total. The van der Waals surface area contributed by atoms with E-state index in [9.17, 15) is 9.59 Å². The molecular formula is C25H17BrN4O2S. The van der Waals surface area contributed by atoms with Crippen LogP contribution in [0.4, 0.5) is 0 Å². The van der Waals surface area contributed by atoms with Gasteiger partial charge in [-0.15, -0.1) is 16.4 Å². The molecule has 0 saturated heterocycles. The first-order valence-electron chi connectivity index (χ1n) is 10.2. The maximum Gasteiger partial charge on any atom is 0.261 e. The second-order valence-electron chi connectivity index (χ2n) is 7.25. The Hall–Kier alpha value is -3.62. The lowest BCUT2D eigenvalue weighted by Gasteiger charge is -2.09. The zero-order chi connectivity index (χ0) is 22.8. The summed E-state index contributed by atoms with van der Waals surface area (Å²) in [6.45, 7) is 0.0616. The van der Waals surface area contributed by atoms with Crippen molar-refractivity contribution in [2.45, 2.75) is 0 Å². The van der Waals surface area contributed by atoms with E-state index in [0.29, 0.717) is 15.9 Å². The van der Waals surface area contributed by atoms with Crippen molar-refractivity contribution in [3.05, 3.63) is 105 Å². The van der Waals surface area contributed by atoms with E-state index in [0.717, 1.165) is 21.4 Å². The summed E-state index contributed by atoms with van der Waals surface area (Å²) in [5, 5.41) is 10.6. The normalized spacial score (nSPS) is 13.8. The molecule has 1 aliphatic heterocycles. The largest absolute Gasteiger partial charge is 0.284 e. The van der Waals surface area contributed by atoms with Gasteiger partial charge in [0.15, 0.2) is 0 Å². The van der Waals surface area contributed by atoms with Gasteiger partial charge in [-0.3, -0.25) is 19.1 Å². The zero-order valence-electron chi connectivity index (χ0n) is 17.3. The van der Waals surface area contributed by atoms with Crippen LogP contribution in [0.1, 0.15) is 20.7 Å². The van der Waals surface area contributed by atoms with E-state index in [1.807, 2.05) is 64.5 Å². The van der Waals surface area contributed by atoms with Gasteiger partial charge in [0.05, 0.1) is 23.4 Å². The molecule has 0 unspecified atom stereocenters. The summed E-state index contributed by atoms with van der Waals surface area (Å²) in [6, 6.07) is 24.8. The fourth-order valence-electron chi connectivity index (χ4n) is 3.64.